The third-order valence-corrected chi connectivity index (χ3v) is 11.7. The topological polar surface area (TPSA) is 87.0 Å². The minimum Gasteiger partial charge on any atom is -0.356 e. The number of allylic oxidation sites excluding steroid dienone is 2. The molecule has 0 aromatic carbocycles. The van der Waals surface area contributed by atoms with Gasteiger partial charge in [0.25, 0.3) is 0 Å². The van der Waals surface area contributed by atoms with E-state index in [0.29, 0.717) is 13.0 Å². The fourth-order valence-electron chi connectivity index (χ4n) is 8.34. The molecule has 2 aliphatic carbocycles. The molecule has 0 saturated heterocycles. The van der Waals surface area contributed by atoms with E-state index in [9.17, 15) is 19.6 Å². The van der Waals surface area contributed by atoms with Gasteiger partial charge in [-0.3, -0.25) is 9.59 Å². The summed E-state index contributed by atoms with van der Waals surface area (Å²) in [5, 5.41) is 12.9. The Morgan fingerprint density at radius 1 is 1.05 bits per heavy atom. The zero-order valence-corrected chi connectivity index (χ0v) is 27.6. The highest BCUT2D eigenvalue weighted by atomic mass is 16.2. The van der Waals surface area contributed by atoms with Crippen LogP contribution < -0.4 is 5.32 Å². The van der Waals surface area contributed by atoms with Crippen LogP contribution in [-0.2, 0) is 14.4 Å². The van der Waals surface area contributed by atoms with Gasteiger partial charge in [-0.1, -0.05) is 74.8 Å². The molecule has 5 nitrogen and oxygen atoms in total. The Hall–Kier alpha value is -1.96. The molecular formula is C35H58N2O3. The molecule has 1 fully saturated rings. The van der Waals surface area contributed by atoms with Crippen LogP contribution in [0.2, 0.25) is 0 Å². The van der Waals surface area contributed by atoms with Crippen molar-refractivity contribution >= 4 is 17.5 Å². The van der Waals surface area contributed by atoms with E-state index in [1.54, 1.807) is 6.92 Å². The van der Waals surface area contributed by atoms with Crippen molar-refractivity contribution in [2.45, 2.75) is 134 Å². The van der Waals surface area contributed by atoms with Gasteiger partial charge in [-0.05, 0) is 92.3 Å². The molecule has 226 valence electrons. The third-order valence-electron chi connectivity index (χ3n) is 11.7. The van der Waals surface area contributed by atoms with Gasteiger partial charge in [0.05, 0.1) is 5.57 Å². The van der Waals surface area contributed by atoms with Crippen molar-refractivity contribution in [2.24, 2.45) is 44.8 Å². The molecule has 0 aliphatic heterocycles. The molecule has 0 unspecified atom stereocenters. The van der Waals surface area contributed by atoms with Crippen molar-refractivity contribution < 1.29 is 14.4 Å². The smallest absolute Gasteiger partial charge is 0.225 e. The van der Waals surface area contributed by atoms with Crippen molar-refractivity contribution in [1.82, 2.24) is 5.32 Å². The van der Waals surface area contributed by atoms with Gasteiger partial charge >= 0.3 is 0 Å². The number of rotatable bonds is 13. The molecule has 1 saturated carbocycles. The van der Waals surface area contributed by atoms with Crippen molar-refractivity contribution in [3.05, 3.63) is 11.6 Å². The number of nitriles is 1. The van der Waals surface area contributed by atoms with E-state index in [-0.39, 0.29) is 57.0 Å². The second-order valence-electron chi connectivity index (χ2n) is 15.4. The summed E-state index contributed by atoms with van der Waals surface area (Å²) in [4.78, 5) is 39.2. The Kier molecular flexibility index (Phi) is 10.7. The molecule has 5 heteroatoms. The van der Waals surface area contributed by atoms with Crippen LogP contribution in [0.3, 0.4) is 0 Å². The molecule has 0 aromatic rings. The number of amides is 1. The Morgan fingerprint density at radius 3 is 2.17 bits per heavy atom. The van der Waals surface area contributed by atoms with Crippen LogP contribution in [0.15, 0.2) is 11.6 Å². The molecule has 0 radical (unpaired) electrons. The van der Waals surface area contributed by atoms with E-state index in [1.807, 2.05) is 19.9 Å². The quantitative estimate of drug-likeness (QED) is 0.248. The van der Waals surface area contributed by atoms with Gasteiger partial charge in [-0.2, -0.15) is 5.26 Å². The number of hydrogen-bond acceptors (Lipinski definition) is 4. The summed E-state index contributed by atoms with van der Waals surface area (Å²) in [6, 6.07) is 2.17. The normalized spacial score (nSPS) is 30.5. The second kappa shape index (κ2) is 12.5. The van der Waals surface area contributed by atoms with Crippen LogP contribution in [0.25, 0.3) is 0 Å². The number of nitrogens with one attached hydrogen (secondary N) is 1. The van der Waals surface area contributed by atoms with Crippen LogP contribution in [0.5, 0.6) is 0 Å². The monoisotopic (exact) mass is 554 g/mol. The fraction of sp³-hybridized carbons (Fsp3) is 0.829. The van der Waals surface area contributed by atoms with Gasteiger partial charge < -0.3 is 10.1 Å². The summed E-state index contributed by atoms with van der Waals surface area (Å²) < 4.78 is 0. The average molecular weight is 555 g/mol. The van der Waals surface area contributed by atoms with E-state index in [4.69, 9.17) is 0 Å². The van der Waals surface area contributed by atoms with E-state index in [2.05, 4.69) is 66.8 Å². The third kappa shape index (κ3) is 6.74. The van der Waals surface area contributed by atoms with Gasteiger partial charge in [0.15, 0.2) is 5.78 Å². The number of carbonyl (C=O) groups is 3. The molecule has 0 heterocycles. The predicted octanol–water partition coefficient (Wildman–Crippen LogP) is 8.23. The van der Waals surface area contributed by atoms with Crippen LogP contribution in [0, 0.1) is 56.2 Å². The van der Waals surface area contributed by atoms with Gasteiger partial charge in [-0.25, -0.2) is 0 Å². The van der Waals surface area contributed by atoms with Crippen molar-refractivity contribution in [3.8, 4) is 6.07 Å². The molecule has 0 spiro atoms. The zero-order valence-electron chi connectivity index (χ0n) is 27.6. The Balaban J connectivity index is 2.47. The molecule has 0 bridgehead atoms. The number of fused-ring (bicyclic) bond motifs is 1. The van der Waals surface area contributed by atoms with Gasteiger partial charge in [0.1, 0.15) is 11.9 Å². The van der Waals surface area contributed by atoms with Crippen LogP contribution >= 0.6 is 0 Å². The van der Waals surface area contributed by atoms with Crippen LogP contribution in [0.1, 0.15) is 134 Å². The summed E-state index contributed by atoms with van der Waals surface area (Å²) in [5.41, 5.74) is -0.805. The van der Waals surface area contributed by atoms with E-state index >= 15 is 0 Å². The number of ketones is 2. The molecule has 2 aliphatic rings. The standard InChI is InChI=1S/C35H58N2O3/c1-12-15-31(5,6)17-19-33(9,30(40)37-13-2)20-18-32(7,8)35(11)16-14-27-25(4)29(39)26(23-36)22-34(27,10)28(35)21-24(3)38/h22,25,27-28H,12-21H2,1-11H3,(H,37,40)/t25-,27-,28+,33-,34-,35+/m0/s1. The lowest BCUT2D eigenvalue weighted by Crippen LogP contribution is -2.57. The minimum absolute atomic E-state index is 0.00404. The molecule has 6 atom stereocenters. The lowest BCUT2D eigenvalue weighted by Gasteiger charge is -2.62. The molecule has 0 aromatic heterocycles. The lowest BCUT2D eigenvalue weighted by molar-refractivity contribution is -0.145. The second-order valence-corrected chi connectivity index (χ2v) is 15.4. The van der Waals surface area contributed by atoms with Crippen LogP contribution in [-0.4, -0.2) is 24.0 Å². The SMILES string of the molecule is CCCC(C)(C)CC[C@@](C)(CCC(C)(C)[C@]1(C)CC[C@H]2[C@H](C)C(=O)C(C#N)=C[C@]2(C)[C@H]1CC(C)=O)C(=O)NCC. The first-order valence-corrected chi connectivity index (χ1v) is 15.8. The molecule has 1 amide bonds. The molecular weight excluding hydrogens is 496 g/mol. The summed E-state index contributed by atoms with van der Waals surface area (Å²) in [6.07, 6.45) is 9.97. The first-order valence-electron chi connectivity index (χ1n) is 15.8. The summed E-state index contributed by atoms with van der Waals surface area (Å²) in [7, 11) is 0. The maximum Gasteiger partial charge on any atom is 0.225 e. The van der Waals surface area contributed by atoms with Crippen molar-refractivity contribution in [2.75, 3.05) is 6.54 Å². The molecule has 1 N–H and O–H groups in total. The zero-order chi connectivity index (χ0) is 30.7. The van der Waals surface area contributed by atoms with E-state index in [0.717, 1.165) is 51.4 Å². The Bertz CT molecular complexity index is 1030. The minimum atomic E-state index is -0.467. The first-order chi connectivity index (χ1) is 18.3. The number of hydrogen-bond donors (Lipinski definition) is 1. The highest BCUT2D eigenvalue weighted by Crippen LogP contribution is 2.66. The maximum absolute atomic E-state index is 13.5. The summed E-state index contributed by atoms with van der Waals surface area (Å²) in [5.74, 6) is 0.129. The van der Waals surface area contributed by atoms with Crippen LogP contribution in [0.4, 0.5) is 0 Å². The van der Waals surface area contributed by atoms with E-state index < -0.39 is 10.8 Å². The summed E-state index contributed by atoms with van der Waals surface area (Å²) in [6.45, 7) is 24.4. The van der Waals surface area contributed by atoms with Gasteiger partial charge in [0.2, 0.25) is 5.91 Å². The highest BCUT2D eigenvalue weighted by Gasteiger charge is 2.61. The van der Waals surface area contributed by atoms with Crippen molar-refractivity contribution in [1.29, 1.82) is 5.26 Å². The van der Waals surface area contributed by atoms with Gasteiger partial charge in [-0.15, -0.1) is 0 Å². The molecule has 40 heavy (non-hydrogen) atoms. The average Bonchev–Trinajstić information content (AvgIpc) is 2.86. The Morgan fingerprint density at radius 2 is 1.65 bits per heavy atom. The number of carbonyl (C=O) groups excluding carboxylic acids is 3. The number of nitrogens with zero attached hydrogens (tertiary/aromatic N) is 1. The van der Waals surface area contributed by atoms with E-state index in [1.165, 1.54) is 0 Å². The fourth-order valence-corrected chi connectivity index (χ4v) is 8.34. The highest BCUT2D eigenvalue weighted by molar-refractivity contribution is 6.01. The van der Waals surface area contributed by atoms with Crippen molar-refractivity contribution in [3.63, 3.8) is 0 Å². The summed E-state index contributed by atoms with van der Waals surface area (Å²) >= 11 is 0. The predicted molar refractivity (Wildman–Crippen MR) is 163 cm³/mol. The lowest BCUT2D eigenvalue weighted by atomic mass is 9.41. The maximum atomic E-state index is 13.5. The Labute approximate surface area is 245 Å². The first kappa shape index (κ1) is 34.2. The molecule has 2 rings (SSSR count). The largest absolute Gasteiger partial charge is 0.356 e. The van der Waals surface area contributed by atoms with Gasteiger partial charge in [0, 0.05) is 24.3 Å². The number of Topliss-reactive ketones (excluding diaryl/α,β-unsaturated/α-hetero) is 2.